The first-order valence-electron chi connectivity index (χ1n) is 3.01. The molecular weight excluding hydrogens is 254 g/mol. The molecule has 0 aromatic heterocycles. The zero-order valence-corrected chi connectivity index (χ0v) is 9.02. The number of methoxy groups -OCH3 is 1. The minimum absolute atomic E-state index is 0.540. The highest BCUT2D eigenvalue weighted by Gasteiger charge is 2.33. The molecule has 76 valence electrons. The van der Waals surface area contributed by atoms with Crippen LogP contribution in [-0.2, 0) is 14.3 Å². The van der Waals surface area contributed by atoms with Crippen molar-refractivity contribution >= 4 is 52.3 Å². The zero-order chi connectivity index (χ0) is 11.3. The van der Waals surface area contributed by atoms with Gasteiger partial charge in [-0.3, -0.25) is 4.79 Å². The van der Waals surface area contributed by atoms with Gasteiger partial charge in [0.05, 0.1) is 7.11 Å². The maximum Gasteiger partial charge on any atom is 0.447 e. The highest BCUT2D eigenvalue weighted by molar-refractivity contribution is 6.75. The average molecular weight is 257 g/mol. The van der Waals surface area contributed by atoms with Gasteiger partial charge in [-0.1, -0.05) is 34.8 Å². The second kappa shape index (κ2) is 5.78. The van der Waals surface area contributed by atoms with Crippen molar-refractivity contribution in [2.24, 2.45) is 0 Å². The molecule has 0 aliphatic rings. The molecule has 0 bridgehead atoms. The van der Waals surface area contributed by atoms with E-state index in [2.05, 4.69) is 9.53 Å². The molecule has 14 heavy (non-hydrogen) atoms. The summed E-state index contributed by atoms with van der Waals surface area (Å²) < 4.78 is 3.60. The lowest BCUT2D eigenvalue weighted by Gasteiger charge is -1.93. The highest BCUT2D eigenvalue weighted by atomic mass is 35.5. The molecule has 0 N–H and O–H groups in total. The van der Waals surface area contributed by atoms with Crippen molar-refractivity contribution in [3.63, 3.8) is 0 Å². The van der Waals surface area contributed by atoms with Gasteiger partial charge in [0.1, 0.15) is 9.52 Å². The minimum atomic E-state index is -1.15. The Balaban J connectivity index is 5.14. The van der Waals surface area contributed by atoms with Crippen molar-refractivity contribution in [1.82, 2.24) is 0 Å². The third kappa shape index (κ3) is 3.12. The van der Waals surface area contributed by atoms with Crippen molar-refractivity contribution in [1.29, 1.82) is 0 Å². The third-order valence-electron chi connectivity index (χ3n) is 1.06. The van der Waals surface area contributed by atoms with Crippen LogP contribution in [0.25, 0.3) is 5.53 Å². The summed E-state index contributed by atoms with van der Waals surface area (Å²) in [7, 11) is 1.00. The standard InChI is InChI=1S/C6H3Cl3N2O3/c1-14-6(13)3(11-10)4(12)2(7)5(8)9/h1H3. The number of halogens is 3. The van der Waals surface area contributed by atoms with Gasteiger partial charge in [-0.2, -0.15) is 4.79 Å². The fourth-order valence-electron chi connectivity index (χ4n) is 0.465. The fourth-order valence-corrected chi connectivity index (χ4v) is 0.727. The summed E-state index contributed by atoms with van der Waals surface area (Å²) in [5.74, 6) is -2.27. The van der Waals surface area contributed by atoms with E-state index in [1.54, 1.807) is 0 Å². The molecule has 0 spiro atoms. The lowest BCUT2D eigenvalue weighted by atomic mass is 10.2. The van der Waals surface area contributed by atoms with Gasteiger partial charge in [-0.05, 0) is 0 Å². The predicted octanol–water partition coefficient (Wildman–Crippen LogP) is 1.28. The van der Waals surface area contributed by atoms with E-state index in [1.165, 1.54) is 0 Å². The SMILES string of the molecule is COC(=O)C(=[N+]=[N-])C(=O)C(Cl)=C(Cl)Cl. The van der Waals surface area contributed by atoms with Crippen molar-refractivity contribution in [2.75, 3.05) is 7.11 Å². The fraction of sp³-hybridized carbons (Fsp3) is 0.167. The first kappa shape index (κ1) is 13.1. The van der Waals surface area contributed by atoms with E-state index in [-0.39, 0.29) is 0 Å². The number of carbonyl (C=O) groups is 2. The number of esters is 1. The summed E-state index contributed by atoms with van der Waals surface area (Å²) >= 11 is 15.7. The van der Waals surface area contributed by atoms with Crippen LogP contribution in [0.15, 0.2) is 9.52 Å². The van der Waals surface area contributed by atoms with Crippen LogP contribution in [0.2, 0.25) is 0 Å². The zero-order valence-electron chi connectivity index (χ0n) is 6.75. The number of ether oxygens (including phenoxy) is 1. The Labute approximate surface area is 93.8 Å². The molecule has 0 aromatic carbocycles. The summed E-state index contributed by atoms with van der Waals surface area (Å²) in [4.78, 5) is 24.4. The Morgan fingerprint density at radius 2 is 1.79 bits per heavy atom. The van der Waals surface area contributed by atoms with Crippen LogP contribution in [-0.4, -0.2) is 29.4 Å². The lowest BCUT2D eigenvalue weighted by Crippen LogP contribution is -2.26. The van der Waals surface area contributed by atoms with Gasteiger partial charge in [0.15, 0.2) is 0 Å². The number of hydrogen-bond acceptors (Lipinski definition) is 3. The van der Waals surface area contributed by atoms with E-state index in [4.69, 9.17) is 40.3 Å². The van der Waals surface area contributed by atoms with Crippen LogP contribution in [0, 0.1) is 0 Å². The van der Waals surface area contributed by atoms with E-state index >= 15 is 0 Å². The van der Waals surface area contributed by atoms with E-state index in [0.29, 0.717) is 0 Å². The maximum absolute atomic E-state index is 11.2. The second-order valence-corrected chi connectivity index (χ2v) is 3.17. The Kier molecular flexibility index (Phi) is 5.42. The molecule has 0 saturated heterocycles. The van der Waals surface area contributed by atoms with Crippen molar-refractivity contribution in [3.8, 4) is 0 Å². The normalized spacial score (nSPS) is 8.57. The maximum atomic E-state index is 11.2. The van der Waals surface area contributed by atoms with E-state index in [9.17, 15) is 9.59 Å². The van der Waals surface area contributed by atoms with Crippen molar-refractivity contribution in [3.05, 3.63) is 15.1 Å². The number of rotatable bonds is 3. The summed E-state index contributed by atoms with van der Waals surface area (Å²) in [6.45, 7) is 0. The topological polar surface area (TPSA) is 79.8 Å². The molecule has 5 nitrogen and oxygen atoms in total. The smallest absolute Gasteiger partial charge is 0.447 e. The largest absolute Gasteiger partial charge is 0.460 e. The van der Waals surface area contributed by atoms with Crippen LogP contribution >= 0.6 is 34.8 Å². The predicted molar refractivity (Wildman–Crippen MR) is 50.2 cm³/mol. The lowest BCUT2D eigenvalue weighted by molar-refractivity contribution is -0.139. The second-order valence-electron chi connectivity index (χ2n) is 1.84. The van der Waals surface area contributed by atoms with Gasteiger partial charge < -0.3 is 10.3 Å². The van der Waals surface area contributed by atoms with Gasteiger partial charge in [0.2, 0.25) is 0 Å². The molecule has 0 radical (unpaired) electrons. The number of allylic oxidation sites excluding steroid dienone is 1. The van der Waals surface area contributed by atoms with Crippen LogP contribution < -0.4 is 0 Å². The number of carbonyl (C=O) groups excluding carboxylic acids is 2. The number of ketones is 1. The molecule has 8 heteroatoms. The summed E-state index contributed by atoms with van der Waals surface area (Å²) in [6, 6.07) is 0. The molecule has 0 unspecified atom stereocenters. The number of Topliss-reactive ketones (excluding diaryl/α,β-unsaturated/α-hetero) is 1. The monoisotopic (exact) mass is 256 g/mol. The van der Waals surface area contributed by atoms with Gasteiger partial charge in [0, 0.05) is 0 Å². The van der Waals surface area contributed by atoms with E-state index in [0.717, 1.165) is 7.11 Å². The Morgan fingerprint density at radius 1 is 1.29 bits per heavy atom. The van der Waals surface area contributed by atoms with Gasteiger partial charge in [0.25, 0.3) is 5.78 Å². The van der Waals surface area contributed by atoms with Crippen LogP contribution in [0.5, 0.6) is 0 Å². The summed E-state index contributed by atoms with van der Waals surface area (Å²) in [5.41, 5.74) is 7.42. The number of nitrogens with zero attached hydrogens (tertiary/aromatic N) is 2. The Morgan fingerprint density at radius 3 is 2.07 bits per heavy atom. The molecule has 0 saturated carbocycles. The van der Waals surface area contributed by atoms with E-state index < -0.39 is 27.0 Å². The highest BCUT2D eigenvalue weighted by Crippen LogP contribution is 2.18. The Bertz CT molecular complexity index is 353. The third-order valence-corrected chi connectivity index (χ3v) is 1.99. The molecular formula is C6H3Cl3N2O3. The van der Waals surface area contributed by atoms with Crippen LogP contribution in [0.3, 0.4) is 0 Å². The number of hydrogen-bond donors (Lipinski definition) is 0. The summed E-state index contributed by atoms with van der Waals surface area (Å²) in [5, 5.41) is -0.633. The van der Waals surface area contributed by atoms with Crippen LogP contribution in [0.4, 0.5) is 0 Å². The van der Waals surface area contributed by atoms with Gasteiger partial charge in [-0.25, -0.2) is 4.79 Å². The molecule has 0 aliphatic heterocycles. The van der Waals surface area contributed by atoms with Crippen molar-refractivity contribution < 1.29 is 19.1 Å². The van der Waals surface area contributed by atoms with Gasteiger partial charge >= 0.3 is 11.7 Å². The van der Waals surface area contributed by atoms with Crippen LogP contribution in [0.1, 0.15) is 0 Å². The van der Waals surface area contributed by atoms with E-state index in [1.807, 2.05) is 0 Å². The molecule has 0 heterocycles. The molecule has 0 aliphatic carbocycles. The average Bonchev–Trinajstić information content (AvgIpc) is 2.16. The Hall–Kier alpha value is -0.870. The van der Waals surface area contributed by atoms with Gasteiger partial charge in [-0.15, -0.1) is 0 Å². The van der Waals surface area contributed by atoms with Crippen molar-refractivity contribution in [2.45, 2.75) is 0 Å². The molecule has 0 rings (SSSR count). The molecule has 0 atom stereocenters. The molecule has 0 fully saturated rings. The quantitative estimate of drug-likeness (QED) is 0.191. The molecule has 0 aromatic rings. The first-order chi connectivity index (χ1) is 6.45. The minimum Gasteiger partial charge on any atom is -0.460 e. The summed E-state index contributed by atoms with van der Waals surface area (Å²) in [6.07, 6.45) is 0. The molecule has 0 amide bonds. The first-order valence-corrected chi connectivity index (χ1v) is 4.15.